The summed E-state index contributed by atoms with van der Waals surface area (Å²) in [6.45, 7) is 0.939. The van der Waals surface area contributed by atoms with Crippen LogP contribution in [-0.2, 0) is 11.3 Å². The Hall–Kier alpha value is -0.430. The van der Waals surface area contributed by atoms with E-state index in [1.807, 2.05) is 12.1 Å². The lowest BCUT2D eigenvalue weighted by atomic mass is 10.2. The van der Waals surface area contributed by atoms with E-state index in [0.717, 1.165) is 8.66 Å². The molecule has 3 N–H and O–H groups in total. The van der Waals surface area contributed by atoms with E-state index in [2.05, 4.69) is 21.2 Å². The number of carboxylic acid groups (broad SMARTS) is 1. The monoisotopic (exact) mass is 293 g/mol. The van der Waals surface area contributed by atoms with E-state index < -0.39 is 12.1 Å². The summed E-state index contributed by atoms with van der Waals surface area (Å²) in [5.74, 6) is -0.983. The van der Waals surface area contributed by atoms with Gasteiger partial charge in [-0.25, -0.2) is 0 Å². The number of aliphatic hydroxyl groups excluding tert-OH is 1. The molecule has 0 saturated heterocycles. The van der Waals surface area contributed by atoms with Crippen LogP contribution < -0.4 is 5.32 Å². The predicted molar refractivity (Wildman–Crippen MR) is 62.0 cm³/mol. The van der Waals surface area contributed by atoms with Gasteiger partial charge in [-0.05, 0) is 28.1 Å². The van der Waals surface area contributed by atoms with Crippen LogP contribution in [0, 0.1) is 0 Å². The first-order chi connectivity index (χ1) is 7.08. The molecule has 0 aromatic carbocycles. The Morgan fingerprint density at radius 2 is 2.33 bits per heavy atom. The van der Waals surface area contributed by atoms with Crippen molar-refractivity contribution in [1.29, 1.82) is 0 Å². The molecule has 0 bridgehead atoms. The molecule has 1 heterocycles. The highest BCUT2D eigenvalue weighted by Gasteiger charge is 2.08. The standard InChI is InChI=1S/C9H12BrNO3S/c10-8-2-1-7(15-8)5-11-4-6(12)3-9(13)14/h1-2,6,11-12H,3-5H2,(H,13,14). The van der Waals surface area contributed by atoms with Gasteiger partial charge in [0.25, 0.3) is 0 Å². The van der Waals surface area contributed by atoms with Crippen molar-refractivity contribution in [2.24, 2.45) is 0 Å². The largest absolute Gasteiger partial charge is 0.481 e. The van der Waals surface area contributed by atoms with Crippen molar-refractivity contribution in [2.75, 3.05) is 6.54 Å². The Bertz CT molecular complexity index is 329. The minimum atomic E-state index is -0.983. The van der Waals surface area contributed by atoms with Crippen LogP contribution in [0.15, 0.2) is 15.9 Å². The van der Waals surface area contributed by atoms with Gasteiger partial charge in [0.15, 0.2) is 0 Å². The molecule has 4 nitrogen and oxygen atoms in total. The zero-order chi connectivity index (χ0) is 11.3. The van der Waals surface area contributed by atoms with Gasteiger partial charge in [-0.15, -0.1) is 11.3 Å². The number of hydrogen-bond donors (Lipinski definition) is 3. The van der Waals surface area contributed by atoms with E-state index in [-0.39, 0.29) is 6.42 Å². The molecular weight excluding hydrogens is 282 g/mol. The van der Waals surface area contributed by atoms with Crippen molar-refractivity contribution in [1.82, 2.24) is 5.32 Å². The Morgan fingerprint density at radius 1 is 1.60 bits per heavy atom. The molecule has 15 heavy (non-hydrogen) atoms. The molecule has 1 aromatic heterocycles. The summed E-state index contributed by atoms with van der Waals surface area (Å²) in [4.78, 5) is 11.4. The first-order valence-corrected chi connectivity index (χ1v) is 6.03. The molecule has 1 rings (SSSR count). The number of carboxylic acids is 1. The minimum Gasteiger partial charge on any atom is -0.481 e. The van der Waals surface area contributed by atoms with Gasteiger partial charge in [0.2, 0.25) is 0 Å². The molecule has 6 heteroatoms. The van der Waals surface area contributed by atoms with Crippen LogP contribution in [0.1, 0.15) is 11.3 Å². The molecule has 0 aliphatic heterocycles. The highest BCUT2D eigenvalue weighted by atomic mass is 79.9. The molecule has 1 atom stereocenters. The third kappa shape index (κ3) is 5.27. The molecule has 0 fully saturated rings. The van der Waals surface area contributed by atoms with Crippen molar-refractivity contribution in [2.45, 2.75) is 19.1 Å². The van der Waals surface area contributed by atoms with Crippen LogP contribution in [0.25, 0.3) is 0 Å². The summed E-state index contributed by atoms with van der Waals surface area (Å²) in [6, 6.07) is 3.93. The lowest BCUT2D eigenvalue weighted by Gasteiger charge is -2.08. The number of aliphatic hydroxyl groups is 1. The second-order valence-corrected chi connectivity index (χ2v) is 5.64. The number of thiophene rings is 1. The lowest BCUT2D eigenvalue weighted by Crippen LogP contribution is -2.28. The molecule has 1 aromatic rings. The second-order valence-electron chi connectivity index (χ2n) is 3.09. The molecule has 0 aliphatic rings. The summed E-state index contributed by atoms with van der Waals surface area (Å²) < 4.78 is 1.06. The van der Waals surface area contributed by atoms with Gasteiger partial charge >= 0.3 is 5.97 Å². The van der Waals surface area contributed by atoms with Gasteiger partial charge in [-0.2, -0.15) is 0 Å². The van der Waals surface area contributed by atoms with Gasteiger partial charge in [0.1, 0.15) is 0 Å². The third-order valence-corrected chi connectivity index (χ3v) is 3.34. The molecular formula is C9H12BrNO3S. The fourth-order valence-corrected chi connectivity index (χ4v) is 2.54. The Morgan fingerprint density at radius 3 is 2.87 bits per heavy atom. The first kappa shape index (κ1) is 12.6. The maximum Gasteiger partial charge on any atom is 0.306 e. The SMILES string of the molecule is O=C(O)CC(O)CNCc1ccc(Br)s1. The van der Waals surface area contributed by atoms with Crippen LogP contribution in [0.2, 0.25) is 0 Å². The number of aliphatic carboxylic acids is 1. The number of hydrogen-bond acceptors (Lipinski definition) is 4. The topological polar surface area (TPSA) is 69.6 Å². The number of nitrogens with one attached hydrogen (secondary N) is 1. The van der Waals surface area contributed by atoms with Crippen molar-refractivity contribution in [3.63, 3.8) is 0 Å². The summed E-state index contributed by atoms with van der Waals surface area (Å²) in [7, 11) is 0. The Kier molecular flexibility index (Phi) is 5.24. The van der Waals surface area contributed by atoms with Gasteiger partial charge in [0, 0.05) is 18.0 Å². The van der Waals surface area contributed by atoms with Crippen LogP contribution in [0.5, 0.6) is 0 Å². The van der Waals surface area contributed by atoms with Crippen molar-refractivity contribution in [3.8, 4) is 0 Å². The number of rotatable bonds is 6. The van der Waals surface area contributed by atoms with Gasteiger partial charge in [0.05, 0.1) is 16.3 Å². The molecule has 84 valence electrons. The predicted octanol–water partition coefficient (Wildman–Crippen LogP) is 1.44. The van der Waals surface area contributed by atoms with Crippen molar-refractivity contribution < 1.29 is 15.0 Å². The fraction of sp³-hybridized carbons (Fsp3) is 0.444. The highest BCUT2D eigenvalue weighted by Crippen LogP contribution is 2.21. The quantitative estimate of drug-likeness (QED) is 0.742. The molecule has 0 amide bonds. The Labute approximate surface area is 100 Å². The van der Waals surface area contributed by atoms with E-state index in [4.69, 9.17) is 5.11 Å². The summed E-state index contributed by atoms with van der Waals surface area (Å²) in [6.07, 6.45) is -1.05. The van der Waals surface area contributed by atoms with Gasteiger partial charge < -0.3 is 15.5 Å². The molecule has 0 radical (unpaired) electrons. The highest BCUT2D eigenvalue weighted by molar-refractivity contribution is 9.11. The van der Waals surface area contributed by atoms with E-state index >= 15 is 0 Å². The number of halogens is 1. The van der Waals surface area contributed by atoms with E-state index in [9.17, 15) is 9.90 Å². The van der Waals surface area contributed by atoms with Crippen LogP contribution in [-0.4, -0.2) is 28.8 Å². The van der Waals surface area contributed by atoms with Crippen molar-refractivity contribution in [3.05, 3.63) is 20.8 Å². The third-order valence-electron chi connectivity index (χ3n) is 1.72. The molecule has 0 aliphatic carbocycles. The smallest absolute Gasteiger partial charge is 0.306 e. The van der Waals surface area contributed by atoms with Gasteiger partial charge in [-0.3, -0.25) is 4.79 Å². The van der Waals surface area contributed by atoms with Crippen LogP contribution in [0.3, 0.4) is 0 Å². The first-order valence-electron chi connectivity index (χ1n) is 4.42. The minimum absolute atomic E-state index is 0.221. The van der Waals surface area contributed by atoms with Crippen LogP contribution >= 0.6 is 27.3 Å². The Balaban J connectivity index is 2.18. The fourth-order valence-electron chi connectivity index (χ4n) is 1.08. The van der Waals surface area contributed by atoms with E-state index in [0.29, 0.717) is 13.1 Å². The zero-order valence-corrected chi connectivity index (χ0v) is 10.3. The maximum atomic E-state index is 10.3. The lowest BCUT2D eigenvalue weighted by molar-refractivity contribution is -0.139. The summed E-state index contributed by atoms with van der Waals surface area (Å²) in [5.41, 5.74) is 0. The van der Waals surface area contributed by atoms with Crippen molar-refractivity contribution >= 4 is 33.2 Å². The molecule has 1 unspecified atom stereocenters. The summed E-state index contributed by atoms with van der Waals surface area (Å²) in [5, 5.41) is 20.7. The maximum absolute atomic E-state index is 10.3. The normalized spacial score (nSPS) is 12.7. The summed E-state index contributed by atoms with van der Waals surface area (Å²) >= 11 is 4.96. The van der Waals surface area contributed by atoms with Gasteiger partial charge in [-0.1, -0.05) is 0 Å². The molecule has 0 spiro atoms. The second kappa shape index (κ2) is 6.22. The van der Waals surface area contributed by atoms with E-state index in [1.165, 1.54) is 0 Å². The van der Waals surface area contributed by atoms with Crippen LogP contribution in [0.4, 0.5) is 0 Å². The average molecular weight is 294 g/mol. The zero-order valence-electron chi connectivity index (χ0n) is 7.94. The molecule has 0 saturated carbocycles. The number of carbonyl (C=O) groups is 1. The average Bonchev–Trinajstić information content (AvgIpc) is 2.50. The van der Waals surface area contributed by atoms with E-state index in [1.54, 1.807) is 11.3 Å².